The fourth-order valence-corrected chi connectivity index (χ4v) is 5.65. The van der Waals surface area contributed by atoms with Gasteiger partial charge < -0.3 is 44.1 Å². The molecular weight excluding hydrogens is 530 g/mol. The first-order valence-corrected chi connectivity index (χ1v) is 13.8. The zero-order chi connectivity index (χ0) is 29.1. The number of rotatable bonds is 11. The zero-order valence-corrected chi connectivity index (χ0v) is 23.5. The molecule has 1 aliphatic heterocycles. The van der Waals surface area contributed by atoms with Crippen LogP contribution >= 0.6 is 0 Å². The highest BCUT2D eigenvalue weighted by Gasteiger charge is 2.37. The predicted molar refractivity (Wildman–Crippen MR) is 152 cm³/mol. The fraction of sp³-hybridized carbons (Fsp3) is 0.419. The van der Waals surface area contributed by atoms with E-state index in [4.69, 9.17) is 28.8 Å². The van der Waals surface area contributed by atoms with Crippen LogP contribution < -0.4 is 29.0 Å². The van der Waals surface area contributed by atoms with E-state index in [9.17, 15) is 15.3 Å². The Hall–Kier alpha value is -3.86. The maximum absolute atomic E-state index is 11.8. The number of aliphatic hydroxyl groups is 2. The van der Waals surface area contributed by atoms with Gasteiger partial charge in [-0.15, -0.1) is 0 Å². The Morgan fingerprint density at radius 3 is 2.44 bits per heavy atom. The number of hydrogen-bond donors (Lipinski definition) is 5. The molecule has 220 valence electrons. The zero-order valence-electron chi connectivity index (χ0n) is 23.5. The highest BCUT2D eigenvalue weighted by molar-refractivity contribution is 5.84. The molecule has 0 spiro atoms. The minimum Gasteiger partial charge on any atom is -0.507 e. The van der Waals surface area contributed by atoms with Gasteiger partial charge in [-0.05, 0) is 54.3 Å². The van der Waals surface area contributed by atoms with Gasteiger partial charge in [0.15, 0.2) is 11.5 Å². The molecule has 41 heavy (non-hydrogen) atoms. The number of methoxy groups -OCH3 is 2. The first-order chi connectivity index (χ1) is 19.9. The van der Waals surface area contributed by atoms with E-state index in [1.165, 1.54) is 7.11 Å². The number of phenolic OH excluding ortho intramolecular Hbond substituents is 2. The average Bonchev–Trinajstić information content (AvgIpc) is 2.97. The molecule has 0 saturated carbocycles. The van der Waals surface area contributed by atoms with Gasteiger partial charge in [0, 0.05) is 47.8 Å². The first-order valence-electron chi connectivity index (χ1n) is 13.8. The molecule has 1 aliphatic carbocycles. The summed E-state index contributed by atoms with van der Waals surface area (Å²) in [6.07, 6.45) is 0.638. The van der Waals surface area contributed by atoms with Crippen molar-refractivity contribution in [2.45, 2.75) is 38.2 Å². The molecule has 2 aliphatic rings. The van der Waals surface area contributed by atoms with E-state index in [0.717, 1.165) is 23.2 Å². The number of aliphatic hydroxyl groups excluding tert-OH is 2. The largest absolute Gasteiger partial charge is 0.507 e. The van der Waals surface area contributed by atoms with E-state index < -0.39 is 12.0 Å². The van der Waals surface area contributed by atoms with Crippen LogP contribution in [0.3, 0.4) is 0 Å². The summed E-state index contributed by atoms with van der Waals surface area (Å²) >= 11 is 0. The molecule has 2 unspecified atom stereocenters. The van der Waals surface area contributed by atoms with Crippen molar-refractivity contribution >= 4 is 0 Å². The van der Waals surface area contributed by atoms with Crippen molar-refractivity contribution in [3.63, 3.8) is 0 Å². The third-order valence-corrected chi connectivity index (χ3v) is 7.67. The summed E-state index contributed by atoms with van der Waals surface area (Å²) in [7, 11) is 3.06. The summed E-state index contributed by atoms with van der Waals surface area (Å²) < 4.78 is 28.8. The smallest absolute Gasteiger partial charge is 0.200 e. The van der Waals surface area contributed by atoms with Crippen LogP contribution in [-0.4, -0.2) is 67.7 Å². The van der Waals surface area contributed by atoms with Crippen LogP contribution in [-0.2, 0) is 12.8 Å². The lowest BCUT2D eigenvalue weighted by Crippen LogP contribution is -2.26. The summed E-state index contributed by atoms with van der Waals surface area (Å²) in [6.45, 7) is 3.40. The monoisotopic (exact) mass is 567 g/mol. The Morgan fingerprint density at radius 2 is 1.71 bits per heavy atom. The van der Waals surface area contributed by atoms with Crippen molar-refractivity contribution in [2.75, 3.05) is 47.3 Å². The van der Waals surface area contributed by atoms with Gasteiger partial charge in [-0.25, -0.2) is 0 Å². The van der Waals surface area contributed by atoms with Gasteiger partial charge in [-0.2, -0.15) is 0 Å². The van der Waals surface area contributed by atoms with Crippen molar-refractivity contribution in [3.05, 3.63) is 52.6 Å². The van der Waals surface area contributed by atoms with Crippen LogP contribution in [0.4, 0.5) is 0 Å². The topological polar surface area (TPSA) is 139 Å². The molecule has 1 heterocycles. The molecule has 0 radical (unpaired) electrons. The highest BCUT2D eigenvalue weighted by Crippen LogP contribution is 2.53. The van der Waals surface area contributed by atoms with Crippen molar-refractivity contribution in [1.82, 2.24) is 5.32 Å². The Labute approximate surface area is 239 Å². The second-order valence-electron chi connectivity index (χ2n) is 10.1. The van der Waals surface area contributed by atoms with Crippen LogP contribution in [0.5, 0.6) is 40.2 Å². The molecule has 10 heteroatoms. The number of nitrogens with one attached hydrogen (secondary N) is 1. The van der Waals surface area contributed by atoms with Gasteiger partial charge in [0.25, 0.3) is 0 Å². The fourth-order valence-electron chi connectivity index (χ4n) is 5.65. The first kappa shape index (κ1) is 28.7. The Morgan fingerprint density at radius 1 is 0.951 bits per heavy atom. The van der Waals surface area contributed by atoms with Crippen molar-refractivity contribution in [3.8, 4) is 51.4 Å². The summed E-state index contributed by atoms with van der Waals surface area (Å²) in [6, 6.07) is 8.63. The van der Waals surface area contributed by atoms with E-state index in [1.807, 2.05) is 19.1 Å². The van der Waals surface area contributed by atoms with E-state index in [1.54, 1.807) is 25.3 Å². The number of fused-ring (bicyclic) bond motifs is 5. The van der Waals surface area contributed by atoms with Crippen LogP contribution in [0, 0.1) is 0 Å². The number of ether oxygens (including phenoxy) is 5. The van der Waals surface area contributed by atoms with E-state index >= 15 is 0 Å². The van der Waals surface area contributed by atoms with Crippen molar-refractivity contribution in [1.29, 1.82) is 0 Å². The van der Waals surface area contributed by atoms with Gasteiger partial charge in [-0.1, -0.05) is 6.92 Å². The van der Waals surface area contributed by atoms with Gasteiger partial charge in [0.2, 0.25) is 5.75 Å². The Kier molecular flexibility index (Phi) is 8.63. The lowest BCUT2D eigenvalue weighted by atomic mass is 9.77. The molecule has 2 atom stereocenters. The molecule has 3 aromatic rings. The summed E-state index contributed by atoms with van der Waals surface area (Å²) in [5.74, 6) is 1.52. The second-order valence-corrected chi connectivity index (χ2v) is 10.1. The standard InChI is InChI=1S/C31H37NO9/c1-4-32-16-41-18-12-21-19(24(13-18)37-2)6-7-20-28(21)23(34)14-25-29(20)30(35)22(15-40-25)17-10-26(38-3)31(36)27(11-17)39-9-5-8-33/h10-14,22,30,32-36H,4-9,15-16H2,1-3H3. The third kappa shape index (κ3) is 5.42. The number of benzene rings is 3. The predicted octanol–water partition coefficient (Wildman–Crippen LogP) is 3.80. The Balaban J connectivity index is 1.56. The number of aromatic hydroxyl groups is 2. The van der Waals surface area contributed by atoms with Crippen LogP contribution in [0.1, 0.15) is 47.6 Å². The molecular formula is C31H37NO9. The molecule has 5 rings (SSSR count). The van der Waals surface area contributed by atoms with Crippen LogP contribution in [0.2, 0.25) is 0 Å². The molecule has 0 bridgehead atoms. The molecule has 0 aromatic heterocycles. The molecule has 5 N–H and O–H groups in total. The highest BCUT2D eigenvalue weighted by atomic mass is 16.5. The SMILES string of the molecule is CCNCOc1cc(OC)c2c(c1)-c1c(O)cc3c(c1CC2)C(O)C(c1cc(OC)c(O)c(OCCCO)c1)CO3. The number of hydrogen-bond acceptors (Lipinski definition) is 10. The maximum Gasteiger partial charge on any atom is 0.200 e. The van der Waals surface area contributed by atoms with Crippen LogP contribution in [0.25, 0.3) is 11.1 Å². The molecule has 3 aromatic carbocycles. The summed E-state index contributed by atoms with van der Waals surface area (Å²) in [5, 5.41) is 45.9. The van der Waals surface area contributed by atoms with Crippen molar-refractivity contribution < 1.29 is 44.1 Å². The number of phenols is 2. The van der Waals surface area contributed by atoms with Crippen LogP contribution in [0.15, 0.2) is 30.3 Å². The Bertz CT molecular complexity index is 1410. The minimum atomic E-state index is -0.968. The van der Waals surface area contributed by atoms with Gasteiger partial charge >= 0.3 is 0 Å². The lowest BCUT2D eigenvalue weighted by Gasteiger charge is -2.35. The lowest BCUT2D eigenvalue weighted by molar-refractivity contribution is 0.0875. The van der Waals surface area contributed by atoms with E-state index in [0.29, 0.717) is 59.9 Å². The maximum atomic E-state index is 11.8. The quantitative estimate of drug-likeness (QED) is 0.172. The van der Waals surface area contributed by atoms with Gasteiger partial charge in [-0.3, -0.25) is 5.32 Å². The third-order valence-electron chi connectivity index (χ3n) is 7.67. The second kappa shape index (κ2) is 12.3. The van der Waals surface area contributed by atoms with Gasteiger partial charge in [0.05, 0.1) is 33.5 Å². The summed E-state index contributed by atoms with van der Waals surface area (Å²) in [5.41, 5.74) is 4.46. The van der Waals surface area contributed by atoms with E-state index in [-0.39, 0.29) is 42.8 Å². The molecule has 0 saturated heterocycles. The van der Waals surface area contributed by atoms with Gasteiger partial charge in [0.1, 0.15) is 29.7 Å². The summed E-state index contributed by atoms with van der Waals surface area (Å²) in [4.78, 5) is 0. The molecule has 0 fully saturated rings. The van der Waals surface area contributed by atoms with E-state index in [2.05, 4.69) is 5.32 Å². The molecule has 0 amide bonds. The normalized spacial score (nSPS) is 17.1. The molecule has 10 nitrogen and oxygen atoms in total. The van der Waals surface area contributed by atoms with Crippen molar-refractivity contribution in [2.24, 2.45) is 0 Å². The minimum absolute atomic E-state index is 0.0419. The average molecular weight is 568 g/mol.